The summed E-state index contributed by atoms with van der Waals surface area (Å²) in [5.41, 5.74) is 12.1. The van der Waals surface area contributed by atoms with Crippen molar-refractivity contribution in [2.24, 2.45) is 0 Å². The molecule has 0 aliphatic rings. The average Bonchev–Trinajstić information content (AvgIpc) is 3.02. The van der Waals surface area contributed by atoms with Gasteiger partial charge in [0.2, 0.25) is 0 Å². The minimum absolute atomic E-state index is 0.529. The van der Waals surface area contributed by atoms with Crippen LogP contribution >= 0.6 is 11.6 Å². The molecule has 4 nitrogen and oxygen atoms in total. The third-order valence-electron chi connectivity index (χ3n) is 4.36. The number of hydrogen-bond donors (Lipinski definition) is 2. The van der Waals surface area contributed by atoms with E-state index >= 15 is 0 Å². The van der Waals surface area contributed by atoms with Crippen LogP contribution in [0.3, 0.4) is 0 Å². The number of anilines is 1. The SMILES string of the molecule is CCc1c(-c2ccccc2)nc2n[nH]c(N)c2c1-c1ccc(Cl)cc1. The molecule has 0 amide bonds. The zero-order chi connectivity index (χ0) is 17.4. The standard InChI is InChI=1S/C20H17ClN4/c1-2-15-16(12-8-10-14(21)11-9-12)17-19(22)24-25-20(17)23-18(15)13-6-4-3-5-7-13/h3-11H,2H2,1H3,(H3,22,23,24,25). The van der Waals surface area contributed by atoms with Crippen LogP contribution in [0.1, 0.15) is 12.5 Å². The van der Waals surface area contributed by atoms with Crippen molar-refractivity contribution in [1.82, 2.24) is 15.2 Å². The lowest BCUT2D eigenvalue weighted by Gasteiger charge is -2.15. The first kappa shape index (κ1) is 15.7. The van der Waals surface area contributed by atoms with E-state index in [1.807, 2.05) is 42.5 Å². The van der Waals surface area contributed by atoms with Gasteiger partial charge in [0.1, 0.15) is 5.82 Å². The van der Waals surface area contributed by atoms with E-state index in [2.05, 4.69) is 29.3 Å². The van der Waals surface area contributed by atoms with Crippen LogP contribution in [0, 0.1) is 0 Å². The van der Waals surface area contributed by atoms with Gasteiger partial charge in [-0.25, -0.2) is 4.98 Å². The van der Waals surface area contributed by atoms with Crippen LogP contribution in [-0.4, -0.2) is 15.2 Å². The van der Waals surface area contributed by atoms with Gasteiger partial charge in [0.05, 0.1) is 11.1 Å². The van der Waals surface area contributed by atoms with Crippen molar-refractivity contribution in [3.63, 3.8) is 0 Å². The lowest BCUT2D eigenvalue weighted by Crippen LogP contribution is -1.99. The molecule has 3 N–H and O–H groups in total. The molecule has 25 heavy (non-hydrogen) atoms. The molecular weight excluding hydrogens is 332 g/mol. The zero-order valence-corrected chi connectivity index (χ0v) is 14.5. The van der Waals surface area contributed by atoms with Gasteiger partial charge in [-0.1, -0.05) is 61.0 Å². The first-order chi connectivity index (χ1) is 12.2. The number of nitrogens with two attached hydrogens (primary N) is 1. The molecule has 0 saturated heterocycles. The maximum absolute atomic E-state index is 6.17. The van der Waals surface area contributed by atoms with Crippen molar-refractivity contribution in [3.05, 3.63) is 65.2 Å². The lowest BCUT2D eigenvalue weighted by atomic mass is 9.92. The van der Waals surface area contributed by atoms with Crippen LogP contribution in [0.5, 0.6) is 0 Å². The largest absolute Gasteiger partial charge is 0.383 e. The minimum Gasteiger partial charge on any atom is -0.383 e. The molecule has 2 heterocycles. The van der Waals surface area contributed by atoms with Crippen molar-refractivity contribution in [3.8, 4) is 22.4 Å². The minimum atomic E-state index is 0.529. The number of rotatable bonds is 3. The van der Waals surface area contributed by atoms with Gasteiger partial charge >= 0.3 is 0 Å². The molecule has 0 atom stereocenters. The number of benzene rings is 2. The highest BCUT2D eigenvalue weighted by atomic mass is 35.5. The second-order valence-electron chi connectivity index (χ2n) is 5.88. The number of H-pyrrole nitrogens is 1. The molecule has 0 saturated carbocycles. The number of nitrogens with one attached hydrogen (secondary N) is 1. The van der Waals surface area contributed by atoms with Gasteiger partial charge in [-0.05, 0) is 29.7 Å². The fraction of sp³-hybridized carbons (Fsp3) is 0.100. The Hall–Kier alpha value is -2.85. The van der Waals surface area contributed by atoms with E-state index in [0.717, 1.165) is 39.8 Å². The highest BCUT2D eigenvalue weighted by Gasteiger charge is 2.20. The second kappa shape index (κ2) is 6.22. The molecule has 0 radical (unpaired) electrons. The highest BCUT2D eigenvalue weighted by molar-refractivity contribution is 6.30. The Bertz CT molecular complexity index is 1040. The Balaban J connectivity index is 2.11. The molecule has 5 heteroatoms. The summed E-state index contributed by atoms with van der Waals surface area (Å²) in [5, 5.41) is 8.73. The quantitative estimate of drug-likeness (QED) is 0.542. The van der Waals surface area contributed by atoms with Gasteiger partial charge in [0.25, 0.3) is 0 Å². The third kappa shape index (κ3) is 2.65. The van der Waals surface area contributed by atoms with Crippen molar-refractivity contribution < 1.29 is 0 Å². The predicted molar refractivity (Wildman–Crippen MR) is 104 cm³/mol. The Morgan fingerprint density at radius 2 is 1.72 bits per heavy atom. The second-order valence-corrected chi connectivity index (χ2v) is 6.31. The Kier molecular flexibility index (Phi) is 3.90. The molecule has 2 aromatic carbocycles. The van der Waals surface area contributed by atoms with Gasteiger partial charge in [-0.3, -0.25) is 5.10 Å². The van der Waals surface area contributed by atoms with Crippen LogP contribution < -0.4 is 5.73 Å². The Morgan fingerprint density at radius 1 is 1.00 bits per heavy atom. The molecule has 0 aliphatic carbocycles. The molecule has 124 valence electrons. The molecule has 0 unspecified atom stereocenters. The number of fused-ring (bicyclic) bond motifs is 1. The van der Waals surface area contributed by atoms with E-state index in [-0.39, 0.29) is 0 Å². The molecule has 0 fully saturated rings. The van der Waals surface area contributed by atoms with Crippen LogP contribution in [0.15, 0.2) is 54.6 Å². The molecule has 2 aromatic heterocycles. The van der Waals surface area contributed by atoms with Crippen LogP contribution in [0.4, 0.5) is 5.82 Å². The summed E-state index contributed by atoms with van der Waals surface area (Å²) in [6.07, 6.45) is 0.829. The fourth-order valence-electron chi connectivity index (χ4n) is 3.23. The fourth-order valence-corrected chi connectivity index (χ4v) is 3.36. The number of halogens is 1. The number of nitrogen functional groups attached to an aromatic ring is 1. The van der Waals surface area contributed by atoms with E-state index < -0.39 is 0 Å². The first-order valence-corrected chi connectivity index (χ1v) is 8.54. The average molecular weight is 349 g/mol. The van der Waals surface area contributed by atoms with Gasteiger partial charge in [-0.2, -0.15) is 5.10 Å². The summed E-state index contributed by atoms with van der Waals surface area (Å²) in [6, 6.07) is 18.0. The normalized spacial score (nSPS) is 11.1. The van der Waals surface area contributed by atoms with Gasteiger partial charge in [-0.15, -0.1) is 0 Å². The van der Waals surface area contributed by atoms with Gasteiger partial charge in [0.15, 0.2) is 5.65 Å². The molecule has 4 aromatic rings. The van der Waals surface area contributed by atoms with Crippen molar-refractivity contribution in [1.29, 1.82) is 0 Å². The lowest BCUT2D eigenvalue weighted by molar-refractivity contribution is 1.09. The van der Waals surface area contributed by atoms with E-state index in [1.54, 1.807) is 0 Å². The third-order valence-corrected chi connectivity index (χ3v) is 4.62. The summed E-state index contributed by atoms with van der Waals surface area (Å²) in [5.74, 6) is 0.529. The van der Waals surface area contributed by atoms with E-state index in [0.29, 0.717) is 16.5 Å². The number of hydrogen-bond acceptors (Lipinski definition) is 3. The summed E-state index contributed by atoms with van der Waals surface area (Å²) < 4.78 is 0. The number of nitrogens with zero attached hydrogens (tertiary/aromatic N) is 2. The molecule has 4 rings (SSSR count). The predicted octanol–water partition coefficient (Wildman–Crippen LogP) is 5.09. The van der Waals surface area contributed by atoms with E-state index in [4.69, 9.17) is 22.3 Å². The smallest absolute Gasteiger partial charge is 0.184 e. The van der Waals surface area contributed by atoms with Crippen LogP contribution in [0.2, 0.25) is 5.02 Å². The van der Waals surface area contributed by atoms with Crippen molar-refractivity contribution in [2.75, 3.05) is 5.73 Å². The maximum Gasteiger partial charge on any atom is 0.184 e. The van der Waals surface area contributed by atoms with Crippen LogP contribution in [0.25, 0.3) is 33.4 Å². The maximum atomic E-state index is 6.17. The summed E-state index contributed by atoms with van der Waals surface area (Å²) in [6.45, 7) is 2.13. The number of pyridine rings is 1. The number of aromatic nitrogens is 3. The summed E-state index contributed by atoms with van der Waals surface area (Å²) in [4.78, 5) is 4.79. The van der Waals surface area contributed by atoms with Gasteiger partial charge in [0, 0.05) is 16.1 Å². The van der Waals surface area contributed by atoms with Gasteiger partial charge < -0.3 is 5.73 Å². The van der Waals surface area contributed by atoms with Crippen molar-refractivity contribution >= 4 is 28.5 Å². The van der Waals surface area contributed by atoms with E-state index in [1.165, 1.54) is 0 Å². The molecule has 0 spiro atoms. The Labute approximate surface area is 150 Å². The molecule has 0 aliphatic heterocycles. The highest BCUT2D eigenvalue weighted by Crippen LogP contribution is 2.39. The monoisotopic (exact) mass is 348 g/mol. The van der Waals surface area contributed by atoms with Crippen LogP contribution in [-0.2, 0) is 6.42 Å². The summed E-state index contributed by atoms with van der Waals surface area (Å²) >= 11 is 6.07. The zero-order valence-electron chi connectivity index (χ0n) is 13.8. The summed E-state index contributed by atoms with van der Waals surface area (Å²) in [7, 11) is 0. The number of aromatic amines is 1. The Morgan fingerprint density at radius 3 is 2.40 bits per heavy atom. The van der Waals surface area contributed by atoms with E-state index in [9.17, 15) is 0 Å². The molecule has 0 bridgehead atoms. The first-order valence-electron chi connectivity index (χ1n) is 8.16. The van der Waals surface area contributed by atoms with Crippen molar-refractivity contribution in [2.45, 2.75) is 13.3 Å². The molecular formula is C20H17ClN4. The topological polar surface area (TPSA) is 67.6 Å².